The third-order valence-electron chi connectivity index (χ3n) is 3.59. The second kappa shape index (κ2) is 5.27. The number of alkyl halides is 3. The van der Waals surface area contributed by atoms with Crippen LogP contribution < -0.4 is 16.2 Å². The molecule has 1 aliphatic rings. The van der Waals surface area contributed by atoms with Crippen molar-refractivity contribution in [1.82, 2.24) is 0 Å². The maximum absolute atomic E-state index is 13.8. The number of halogens is 4. The zero-order chi connectivity index (χ0) is 15.8. The molecule has 2 atom stereocenters. The van der Waals surface area contributed by atoms with Gasteiger partial charge in [0.15, 0.2) is 0 Å². The van der Waals surface area contributed by atoms with Gasteiger partial charge in [-0.25, -0.2) is 0 Å². The Hall–Kier alpha value is -1.66. The molecule has 1 aliphatic carbocycles. The van der Waals surface area contributed by atoms with Crippen LogP contribution >= 0.6 is 11.6 Å². The molecule has 2 unspecified atom stereocenters. The van der Waals surface area contributed by atoms with E-state index >= 15 is 0 Å². The van der Waals surface area contributed by atoms with Crippen molar-refractivity contribution in [3.8, 4) is 5.75 Å². The highest BCUT2D eigenvalue weighted by Crippen LogP contribution is 2.49. The van der Waals surface area contributed by atoms with Crippen molar-refractivity contribution in [2.45, 2.75) is 17.6 Å². The van der Waals surface area contributed by atoms with Gasteiger partial charge in [0.1, 0.15) is 11.2 Å². The number of rotatable bonds is 2. The van der Waals surface area contributed by atoms with Gasteiger partial charge in [0.2, 0.25) is 0 Å². The summed E-state index contributed by atoms with van der Waals surface area (Å²) in [6.07, 6.45) is -1.07. The summed E-state index contributed by atoms with van der Waals surface area (Å²) in [7, 11) is 1.40. The van der Waals surface area contributed by atoms with E-state index in [-0.39, 0.29) is 16.3 Å². The number of methoxy groups -OCH3 is 1. The molecular weight excluding hydrogens is 305 g/mol. The van der Waals surface area contributed by atoms with Crippen molar-refractivity contribution in [3.63, 3.8) is 0 Å². The lowest BCUT2D eigenvalue weighted by Gasteiger charge is -2.40. The lowest BCUT2D eigenvalue weighted by atomic mass is 9.70. The lowest BCUT2D eigenvalue weighted by Crippen LogP contribution is -2.57. The molecule has 2 rings (SSSR count). The minimum atomic E-state index is -4.65. The molecule has 0 amide bonds. The van der Waals surface area contributed by atoms with Crippen LogP contribution in [0.4, 0.5) is 13.2 Å². The van der Waals surface area contributed by atoms with Crippen molar-refractivity contribution >= 4 is 11.6 Å². The van der Waals surface area contributed by atoms with Gasteiger partial charge in [-0.3, -0.25) is 0 Å². The summed E-state index contributed by atoms with van der Waals surface area (Å²) in [6.45, 7) is 0. The number of ether oxygens (including phenoxy) is 1. The van der Waals surface area contributed by atoms with E-state index in [1.165, 1.54) is 37.5 Å². The molecule has 7 heteroatoms. The number of nitrogens with two attached hydrogens (primary N) is 2. The van der Waals surface area contributed by atoms with Crippen molar-refractivity contribution in [2.24, 2.45) is 11.5 Å². The van der Waals surface area contributed by atoms with Gasteiger partial charge in [-0.15, -0.1) is 0 Å². The van der Waals surface area contributed by atoms with Gasteiger partial charge < -0.3 is 16.2 Å². The Morgan fingerprint density at radius 2 is 2.00 bits per heavy atom. The molecule has 0 bridgehead atoms. The fourth-order valence-corrected chi connectivity index (χ4v) is 2.75. The number of allylic oxidation sites excluding steroid dienone is 2. The first-order valence-corrected chi connectivity index (χ1v) is 6.43. The topological polar surface area (TPSA) is 61.3 Å². The van der Waals surface area contributed by atoms with E-state index < -0.39 is 17.6 Å². The molecule has 0 saturated carbocycles. The van der Waals surface area contributed by atoms with Gasteiger partial charge in [0, 0.05) is 10.7 Å². The van der Waals surface area contributed by atoms with Crippen LogP contribution in [0, 0.1) is 0 Å². The summed E-state index contributed by atoms with van der Waals surface area (Å²) in [5, 5.41) is -0.0820. The van der Waals surface area contributed by atoms with Gasteiger partial charge in [-0.2, -0.15) is 13.2 Å². The predicted molar refractivity (Wildman–Crippen MR) is 75.1 cm³/mol. The highest BCUT2D eigenvalue weighted by molar-refractivity contribution is 6.31. The predicted octanol–water partition coefficient (Wildman–Crippen LogP) is 2.89. The molecule has 21 heavy (non-hydrogen) atoms. The Morgan fingerprint density at radius 1 is 1.33 bits per heavy atom. The normalized spacial score (nSPS) is 25.6. The Morgan fingerprint density at radius 3 is 2.52 bits per heavy atom. The van der Waals surface area contributed by atoms with Crippen molar-refractivity contribution in [2.75, 3.05) is 7.11 Å². The molecule has 114 valence electrons. The largest absolute Gasteiger partial charge is 0.497 e. The summed E-state index contributed by atoms with van der Waals surface area (Å²) in [5.74, 6) is 0.359. The second-order valence-electron chi connectivity index (χ2n) is 4.72. The van der Waals surface area contributed by atoms with E-state index in [4.69, 9.17) is 27.8 Å². The van der Waals surface area contributed by atoms with Crippen molar-refractivity contribution in [3.05, 3.63) is 52.7 Å². The Labute approximate surface area is 125 Å². The van der Waals surface area contributed by atoms with Crippen LogP contribution in [-0.4, -0.2) is 19.3 Å². The lowest BCUT2D eigenvalue weighted by molar-refractivity contribution is -0.179. The van der Waals surface area contributed by atoms with E-state index in [2.05, 4.69) is 0 Å². The summed E-state index contributed by atoms with van der Waals surface area (Å²) in [5.41, 5.74) is 8.70. The van der Waals surface area contributed by atoms with E-state index in [0.717, 1.165) is 6.08 Å². The number of hydrogen-bond acceptors (Lipinski definition) is 3. The van der Waals surface area contributed by atoms with Crippen LogP contribution in [0.5, 0.6) is 5.75 Å². The maximum atomic E-state index is 13.8. The van der Waals surface area contributed by atoms with Crippen LogP contribution in [0.15, 0.2) is 42.1 Å². The molecular formula is C14H14ClF3N2O. The minimum absolute atomic E-state index is 0.0540. The van der Waals surface area contributed by atoms with Crippen LogP contribution in [0.3, 0.4) is 0 Å². The van der Waals surface area contributed by atoms with E-state index in [1.807, 2.05) is 0 Å². The highest BCUT2D eigenvalue weighted by Gasteiger charge is 2.60. The Bertz CT molecular complexity index is 613. The van der Waals surface area contributed by atoms with Gasteiger partial charge in [-0.1, -0.05) is 29.8 Å². The van der Waals surface area contributed by atoms with Crippen molar-refractivity contribution in [1.29, 1.82) is 0 Å². The fraction of sp³-hybridized carbons (Fsp3) is 0.286. The van der Waals surface area contributed by atoms with Gasteiger partial charge in [0.05, 0.1) is 13.2 Å². The Kier molecular flexibility index (Phi) is 3.95. The smallest absolute Gasteiger partial charge is 0.403 e. The number of hydrogen-bond donors (Lipinski definition) is 2. The molecule has 0 heterocycles. The average Bonchev–Trinajstić information content (AvgIpc) is 2.41. The quantitative estimate of drug-likeness (QED) is 0.881. The monoisotopic (exact) mass is 318 g/mol. The molecule has 4 N–H and O–H groups in total. The van der Waals surface area contributed by atoms with Crippen LogP contribution in [0.1, 0.15) is 5.56 Å². The van der Waals surface area contributed by atoms with Crippen LogP contribution in [0.25, 0.3) is 0 Å². The second-order valence-corrected chi connectivity index (χ2v) is 5.12. The molecule has 3 nitrogen and oxygen atoms in total. The molecule has 0 spiro atoms. The molecule has 0 fully saturated rings. The van der Waals surface area contributed by atoms with Gasteiger partial charge in [-0.05, 0) is 23.8 Å². The first-order valence-electron chi connectivity index (χ1n) is 6.05. The highest BCUT2D eigenvalue weighted by atomic mass is 35.5. The van der Waals surface area contributed by atoms with Gasteiger partial charge >= 0.3 is 6.18 Å². The van der Waals surface area contributed by atoms with Gasteiger partial charge in [0.25, 0.3) is 0 Å². The molecule has 0 aromatic heterocycles. The van der Waals surface area contributed by atoms with Crippen LogP contribution in [0.2, 0.25) is 5.02 Å². The number of benzene rings is 1. The molecule has 1 aromatic carbocycles. The molecule has 0 aliphatic heterocycles. The maximum Gasteiger partial charge on any atom is 0.403 e. The first kappa shape index (κ1) is 15.7. The SMILES string of the molecule is COc1ccc(C2(C(F)(F)F)C=CC=C(N)C2N)c(Cl)c1. The summed E-state index contributed by atoms with van der Waals surface area (Å²) < 4.78 is 46.2. The molecule has 0 radical (unpaired) electrons. The van der Waals surface area contributed by atoms with Crippen molar-refractivity contribution < 1.29 is 17.9 Å². The summed E-state index contributed by atoms with van der Waals surface area (Å²) in [6, 6.07) is 2.54. The first-order chi connectivity index (χ1) is 9.74. The zero-order valence-corrected chi connectivity index (χ0v) is 11.9. The third kappa shape index (κ3) is 2.38. The third-order valence-corrected chi connectivity index (χ3v) is 3.90. The average molecular weight is 319 g/mol. The zero-order valence-electron chi connectivity index (χ0n) is 11.1. The summed E-state index contributed by atoms with van der Waals surface area (Å²) >= 11 is 6.02. The van der Waals surface area contributed by atoms with E-state index in [0.29, 0.717) is 5.75 Å². The molecule has 1 aromatic rings. The van der Waals surface area contributed by atoms with Crippen LogP contribution in [-0.2, 0) is 5.41 Å². The van der Waals surface area contributed by atoms with E-state index in [9.17, 15) is 13.2 Å². The minimum Gasteiger partial charge on any atom is -0.497 e. The standard InChI is InChI=1S/C14H14ClF3N2O/c1-21-8-4-5-9(10(15)7-8)13(14(16,17)18)6-2-3-11(19)12(13)20/h2-7,12H,19-20H2,1H3. The molecule has 0 saturated heterocycles. The fourth-order valence-electron chi connectivity index (χ4n) is 2.42. The Balaban J connectivity index is 2.69. The van der Waals surface area contributed by atoms with E-state index in [1.54, 1.807) is 0 Å². The summed E-state index contributed by atoms with van der Waals surface area (Å²) in [4.78, 5) is 0.